The molecule has 0 radical (unpaired) electrons. The second kappa shape index (κ2) is 12.0. The monoisotopic (exact) mass is 529 g/mol. The number of benzene rings is 2. The van der Waals surface area contributed by atoms with Gasteiger partial charge in [-0.1, -0.05) is 98.5 Å². The third-order valence-electron chi connectivity index (χ3n) is 5.59. The molecule has 2 nitrogen and oxygen atoms in total. The van der Waals surface area contributed by atoms with Crippen LogP contribution in [0.3, 0.4) is 0 Å². The molecule has 0 fully saturated rings. The van der Waals surface area contributed by atoms with Crippen molar-refractivity contribution in [2.75, 3.05) is 0 Å². The van der Waals surface area contributed by atoms with Crippen molar-refractivity contribution in [1.29, 1.82) is 0 Å². The van der Waals surface area contributed by atoms with Crippen LogP contribution >= 0.6 is 15.9 Å². The van der Waals surface area contributed by atoms with E-state index in [0.717, 1.165) is 15.6 Å². The quantitative estimate of drug-likeness (QED) is 0.280. The van der Waals surface area contributed by atoms with Gasteiger partial charge in [-0.15, -0.1) is 0 Å². The second-order valence-electron chi connectivity index (χ2n) is 7.84. The lowest BCUT2D eigenvalue weighted by atomic mass is 9.66. The number of rotatable bonds is 8. The van der Waals surface area contributed by atoms with Crippen LogP contribution in [0.2, 0.25) is 0 Å². The van der Waals surface area contributed by atoms with Gasteiger partial charge in [0.25, 0.3) is 0 Å². The molecule has 34 heavy (non-hydrogen) atoms. The number of hydrogen-bond acceptors (Lipinski definition) is 1. The van der Waals surface area contributed by atoms with Gasteiger partial charge in [0.05, 0.1) is 17.0 Å². The fraction of sp³-hybridized carbons (Fsp3) is 0.179. The van der Waals surface area contributed by atoms with E-state index in [1.54, 1.807) is 24.4 Å². The highest BCUT2D eigenvalue weighted by molar-refractivity contribution is 9.10. The van der Waals surface area contributed by atoms with Gasteiger partial charge >= 0.3 is 6.18 Å². The van der Waals surface area contributed by atoms with Crippen molar-refractivity contribution in [3.05, 3.63) is 137 Å². The standard InChI is InChI=1S/C28H25BrF3N.H2O/c1-3-4-13-24(18-21(2)28(30,31)32)27(23-14-9-6-10-15-23,19-22-11-7-5-8-12-22)26-17-16-25(29)20-33-26;/h3-18,20-21H,1,19H2,2H3;1H2/b13-4-,24-18+;. The number of nitrogens with zero attached hydrogens (tertiary/aromatic N) is 1. The lowest BCUT2D eigenvalue weighted by molar-refractivity contribution is -0.156. The highest BCUT2D eigenvalue weighted by Gasteiger charge is 2.41. The third-order valence-corrected chi connectivity index (χ3v) is 6.06. The summed E-state index contributed by atoms with van der Waals surface area (Å²) in [5.74, 6) is -1.64. The number of allylic oxidation sites excluding steroid dienone is 5. The Hall–Kier alpha value is -2.96. The maximum atomic E-state index is 13.7. The Bertz CT molecular complexity index is 1110. The minimum Gasteiger partial charge on any atom is -0.412 e. The lowest BCUT2D eigenvalue weighted by Crippen LogP contribution is -2.34. The van der Waals surface area contributed by atoms with Gasteiger partial charge in [-0.25, -0.2) is 0 Å². The SMILES string of the molecule is C=C/C=C\C(=C/C(C)C(F)(F)F)C(Cc1ccccc1)(c1ccccc1)c1ccc(Br)cn1.O. The molecule has 0 amide bonds. The molecule has 2 aromatic carbocycles. The smallest absolute Gasteiger partial charge is 0.394 e. The Labute approximate surface area is 207 Å². The van der Waals surface area contributed by atoms with E-state index in [1.807, 2.05) is 72.8 Å². The van der Waals surface area contributed by atoms with Gasteiger partial charge in [-0.2, -0.15) is 13.2 Å². The zero-order chi connectivity index (χ0) is 23.9. The Balaban J connectivity index is 0.00000408. The molecule has 0 aliphatic carbocycles. The molecule has 3 rings (SSSR count). The summed E-state index contributed by atoms with van der Waals surface area (Å²) in [7, 11) is 0. The van der Waals surface area contributed by atoms with Gasteiger partial charge in [0.1, 0.15) is 0 Å². The van der Waals surface area contributed by atoms with E-state index in [9.17, 15) is 13.2 Å². The van der Waals surface area contributed by atoms with Gasteiger partial charge in [0.2, 0.25) is 0 Å². The van der Waals surface area contributed by atoms with E-state index in [0.29, 0.717) is 17.7 Å². The van der Waals surface area contributed by atoms with E-state index in [-0.39, 0.29) is 5.48 Å². The van der Waals surface area contributed by atoms with Crippen LogP contribution in [0.1, 0.15) is 23.7 Å². The average Bonchev–Trinajstić information content (AvgIpc) is 2.81. The molecule has 0 bridgehead atoms. The molecule has 2 unspecified atom stereocenters. The van der Waals surface area contributed by atoms with Crippen molar-refractivity contribution in [1.82, 2.24) is 4.98 Å². The van der Waals surface area contributed by atoms with Crippen LogP contribution in [0.4, 0.5) is 13.2 Å². The van der Waals surface area contributed by atoms with E-state index >= 15 is 0 Å². The topological polar surface area (TPSA) is 44.4 Å². The summed E-state index contributed by atoms with van der Waals surface area (Å²) in [6.45, 7) is 4.90. The van der Waals surface area contributed by atoms with Crippen molar-refractivity contribution in [3.63, 3.8) is 0 Å². The van der Waals surface area contributed by atoms with Crippen LogP contribution in [0.25, 0.3) is 0 Å². The first-order chi connectivity index (χ1) is 15.8. The van der Waals surface area contributed by atoms with Crippen LogP contribution in [0.15, 0.2) is 120 Å². The fourth-order valence-corrected chi connectivity index (χ4v) is 4.12. The summed E-state index contributed by atoms with van der Waals surface area (Å²) < 4.78 is 41.9. The maximum Gasteiger partial charge on any atom is 0.394 e. The van der Waals surface area contributed by atoms with Gasteiger partial charge < -0.3 is 5.48 Å². The second-order valence-corrected chi connectivity index (χ2v) is 8.76. The highest BCUT2D eigenvalue weighted by Crippen LogP contribution is 2.44. The molecule has 178 valence electrons. The first kappa shape index (κ1) is 27.3. The molecule has 1 heterocycles. The van der Waals surface area contributed by atoms with E-state index < -0.39 is 17.5 Å². The Kier molecular flexibility index (Phi) is 9.59. The third kappa shape index (κ3) is 6.33. The predicted octanol–water partition coefficient (Wildman–Crippen LogP) is 7.42. The van der Waals surface area contributed by atoms with Gasteiger partial charge in [0.15, 0.2) is 0 Å². The minimum atomic E-state index is -4.37. The summed E-state index contributed by atoms with van der Waals surface area (Å²) in [6.07, 6.45) is 4.02. The molecule has 1 aromatic heterocycles. The Morgan fingerprint density at radius 2 is 1.62 bits per heavy atom. The van der Waals surface area contributed by atoms with Crippen LogP contribution in [0, 0.1) is 5.92 Å². The van der Waals surface area contributed by atoms with Crippen molar-refractivity contribution in [2.45, 2.75) is 24.9 Å². The number of alkyl halides is 3. The van der Waals surface area contributed by atoms with E-state index in [2.05, 4.69) is 22.5 Å². The number of aromatic nitrogens is 1. The Morgan fingerprint density at radius 1 is 1.00 bits per heavy atom. The summed E-state index contributed by atoms with van der Waals surface area (Å²) in [5.41, 5.74) is 2.07. The molecular weight excluding hydrogens is 503 g/mol. The summed E-state index contributed by atoms with van der Waals surface area (Å²) in [6, 6.07) is 23.1. The normalized spacial score (nSPS) is 14.8. The maximum absolute atomic E-state index is 13.7. The molecule has 2 atom stereocenters. The van der Waals surface area contributed by atoms with Gasteiger partial charge in [-0.3, -0.25) is 4.98 Å². The van der Waals surface area contributed by atoms with E-state index in [4.69, 9.17) is 4.98 Å². The fourth-order valence-electron chi connectivity index (χ4n) is 3.89. The van der Waals surface area contributed by atoms with Crippen molar-refractivity contribution < 1.29 is 18.6 Å². The average molecular weight is 530 g/mol. The summed E-state index contributed by atoms with van der Waals surface area (Å²) in [5, 5.41) is 0. The number of pyridine rings is 1. The molecule has 0 saturated heterocycles. The molecule has 3 aromatic rings. The van der Waals surface area contributed by atoms with Crippen molar-refractivity contribution in [3.8, 4) is 0 Å². The van der Waals surface area contributed by atoms with Gasteiger partial charge in [0, 0.05) is 10.7 Å². The Morgan fingerprint density at radius 3 is 2.15 bits per heavy atom. The minimum absolute atomic E-state index is 0. The van der Waals surface area contributed by atoms with Gasteiger partial charge in [-0.05, 0) is 51.2 Å². The van der Waals surface area contributed by atoms with Crippen LogP contribution in [-0.4, -0.2) is 16.6 Å². The van der Waals surface area contributed by atoms with E-state index in [1.165, 1.54) is 13.0 Å². The zero-order valence-electron chi connectivity index (χ0n) is 18.8. The molecular formula is C28H27BrF3NO. The molecule has 2 N–H and O–H groups in total. The van der Waals surface area contributed by atoms with Crippen molar-refractivity contribution >= 4 is 15.9 Å². The lowest BCUT2D eigenvalue weighted by Gasteiger charge is -2.37. The molecule has 6 heteroatoms. The largest absolute Gasteiger partial charge is 0.412 e. The first-order valence-electron chi connectivity index (χ1n) is 10.6. The van der Waals surface area contributed by atoms with Crippen molar-refractivity contribution in [2.24, 2.45) is 5.92 Å². The number of halogens is 4. The zero-order valence-corrected chi connectivity index (χ0v) is 20.4. The summed E-state index contributed by atoms with van der Waals surface area (Å²) >= 11 is 3.43. The summed E-state index contributed by atoms with van der Waals surface area (Å²) in [4.78, 5) is 4.69. The molecule has 0 aliphatic heterocycles. The molecule has 0 saturated carbocycles. The molecule has 0 spiro atoms. The number of hydrogen-bond donors (Lipinski definition) is 0. The van der Waals surface area contributed by atoms with Crippen LogP contribution < -0.4 is 0 Å². The predicted molar refractivity (Wildman–Crippen MR) is 136 cm³/mol. The van der Waals surface area contributed by atoms with Crippen LogP contribution in [0.5, 0.6) is 0 Å². The highest BCUT2D eigenvalue weighted by atomic mass is 79.9. The van der Waals surface area contributed by atoms with Crippen LogP contribution in [-0.2, 0) is 11.8 Å². The first-order valence-corrected chi connectivity index (χ1v) is 11.4. The molecule has 0 aliphatic rings.